The van der Waals surface area contributed by atoms with Crippen LogP contribution in [0.5, 0.6) is 0 Å². The van der Waals surface area contributed by atoms with E-state index in [1.807, 2.05) is 13.8 Å². The Kier molecular flexibility index (Phi) is 7.86. The van der Waals surface area contributed by atoms with Crippen molar-refractivity contribution in [3.63, 3.8) is 0 Å². The summed E-state index contributed by atoms with van der Waals surface area (Å²) in [5.74, 6) is 1.14. The van der Waals surface area contributed by atoms with Crippen LogP contribution in [0.25, 0.3) is 22.1 Å². The Balaban J connectivity index is 0.00000113. The number of nitrogens with zero attached hydrogens (tertiary/aromatic N) is 2. The van der Waals surface area contributed by atoms with E-state index in [1.165, 1.54) is 0 Å². The molecule has 4 atom stereocenters. The van der Waals surface area contributed by atoms with Crippen LogP contribution in [-0.4, -0.2) is 37.7 Å². The molecule has 0 spiro atoms. The topological polar surface area (TPSA) is 126 Å². The minimum atomic E-state index is 0.0425. The maximum absolute atomic E-state index is 13.4. The standard InChI is InChI=1S/C33H38N4O2.CO2/c1-8-10-21-16(4)24-12-25-17(5)30(19(7)38)28(35-25)14-23-15(3)20(9-2)27(34-23)13-26-18(6)31-29(39)11-22(32(21)36-24)33(31)37-26;2-1-3/h12-16,20-21,35,37H,8-11H2,1-7H3;/t15-,16+,20-,21+;/m1./s1. The number of fused-ring (bicyclic) bond motifs is 8. The molecule has 0 radical (unpaired) electrons. The summed E-state index contributed by atoms with van der Waals surface area (Å²) in [6, 6.07) is 6.32. The van der Waals surface area contributed by atoms with Gasteiger partial charge in [-0.2, -0.15) is 9.59 Å². The van der Waals surface area contributed by atoms with Crippen LogP contribution in [0.2, 0.25) is 0 Å². The SMILES string of the molecule is CCC[C@@H]1c2nc(cc3[nH]c(cc4nc(cc5[nH]c6c2CC(=O)c6c5C)[C@H](CC)[C@H]4C)c(C(C)=O)c3C)[C@H]1C.O=C=O. The van der Waals surface area contributed by atoms with Crippen molar-refractivity contribution < 1.29 is 19.2 Å². The lowest BCUT2D eigenvalue weighted by Gasteiger charge is -2.16. The predicted octanol–water partition coefficient (Wildman–Crippen LogP) is 7.27. The average molecular weight is 567 g/mol. The molecule has 0 aromatic carbocycles. The van der Waals surface area contributed by atoms with E-state index in [0.717, 1.165) is 91.9 Å². The number of Topliss-reactive ketones (excluding diaryl/α,β-unsaturated/α-hetero) is 2. The molecule has 1 aliphatic carbocycles. The van der Waals surface area contributed by atoms with Crippen LogP contribution in [0.3, 0.4) is 0 Å². The lowest BCUT2D eigenvalue weighted by Crippen LogP contribution is -2.05. The summed E-state index contributed by atoms with van der Waals surface area (Å²) in [7, 11) is 0. The van der Waals surface area contributed by atoms with Gasteiger partial charge in [-0.05, 0) is 62.9 Å². The van der Waals surface area contributed by atoms with E-state index in [-0.39, 0.29) is 41.4 Å². The van der Waals surface area contributed by atoms with Crippen molar-refractivity contribution in [2.75, 3.05) is 0 Å². The Morgan fingerprint density at radius 1 is 0.905 bits per heavy atom. The van der Waals surface area contributed by atoms with Crippen LogP contribution >= 0.6 is 0 Å². The lowest BCUT2D eigenvalue weighted by atomic mass is 9.86. The van der Waals surface area contributed by atoms with Crippen molar-refractivity contribution in [3.8, 4) is 0 Å². The van der Waals surface area contributed by atoms with Crippen LogP contribution < -0.4 is 0 Å². The molecule has 3 aromatic rings. The third-order valence-electron chi connectivity index (χ3n) is 9.48. The van der Waals surface area contributed by atoms with Crippen molar-refractivity contribution in [2.45, 2.75) is 97.8 Å². The molecule has 6 rings (SSSR count). The molecule has 8 nitrogen and oxygen atoms in total. The van der Waals surface area contributed by atoms with Gasteiger partial charge in [0.1, 0.15) is 0 Å². The van der Waals surface area contributed by atoms with Gasteiger partial charge in [0.2, 0.25) is 0 Å². The minimum absolute atomic E-state index is 0.0425. The van der Waals surface area contributed by atoms with Gasteiger partial charge in [-0.15, -0.1) is 0 Å². The van der Waals surface area contributed by atoms with Crippen LogP contribution in [0.15, 0.2) is 18.2 Å². The minimum Gasteiger partial charge on any atom is -0.355 e. The fourth-order valence-electron chi connectivity index (χ4n) is 7.26. The molecule has 2 N–H and O–H groups in total. The van der Waals surface area contributed by atoms with E-state index in [4.69, 9.17) is 19.6 Å². The van der Waals surface area contributed by atoms with E-state index in [1.54, 1.807) is 6.92 Å². The zero-order valence-corrected chi connectivity index (χ0v) is 25.4. The first kappa shape index (κ1) is 29.3. The predicted molar refractivity (Wildman–Crippen MR) is 161 cm³/mol. The molecule has 218 valence electrons. The maximum Gasteiger partial charge on any atom is 0.373 e. The number of aromatic nitrogens is 4. The Bertz CT molecular complexity index is 1810. The van der Waals surface area contributed by atoms with Crippen LogP contribution in [-0.2, 0) is 16.0 Å². The first-order valence-electron chi connectivity index (χ1n) is 14.9. The maximum atomic E-state index is 13.4. The smallest absolute Gasteiger partial charge is 0.355 e. The summed E-state index contributed by atoms with van der Waals surface area (Å²) in [6.07, 6.45) is 3.65. The number of aryl methyl sites for hydroxylation is 2. The van der Waals surface area contributed by atoms with Crippen molar-refractivity contribution in [2.24, 2.45) is 0 Å². The monoisotopic (exact) mass is 566 g/mol. The number of hydrogen-bond donors (Lipinski definition) is 2. The van der Waals surface area contributed by atoms with Gasteiger partial charge in [-0.25, -0.2) is 0 Å². The Morgan fingerprint density at radius 3 is 2.14 bits per heavy atom. The third kappa shape index (κ3) is 4.64. The number of carbonyl (C=O) groups is 2. The average Bonchev–Trinajstić information content (AvgIpc) is 3.68. The Hall–Kier alpha value is -4.16. The molecule has 0 amide bonds. The highest BCUT2D eigenvalue weighted by Gasteiger charge is 2.35. The van der Waals surface area contributed by atoms with Gasteiger partial charge in [0.25, 0.3) is 0 Å². The second-order valence-electron chi connectivity index (χ2n) is 11.9. The van der Waals surface area contributed by atoms with Crippen molar-refractivity contribution in [1.29, 1.82) is 0 Å². The normalized spacial score (nSPS) is 20.7. The number of carbonyl (C=O) groups excluding carboxylic acids is 4. The van der Waals surface area contributed by atoms with Crippen molar-refractivity contribution in [1.82, 2.24) is 19.9 Å². The third-order valence-corrected chi connectivity index (χ3v) is 9.48. The van der Waals surface area contributed by atoms with Crippen LogP contribution in [0.4, 0.5) is 0 Å². The first-order valence-corrected chi connectivity index (χ1v) is 14.9. The van der Waals surface area contributed by atoms with Gasteiger partial charge < -0.3 is 9.97 Å². The molecular weight excluding hydrogens is 528 g/mol. The van der Waals surface area contributed by atoms with Crippen LogP contribution in [0.1, 0.15) is 138 Å². The summed E-state index contributed by atoms with van der Waals surface area (Å²) in [5.41, 5.74) is 12.2. The van der Waals surface area contributed by atoms with E-state index >= 15 is 0 Å². The molecule has 3 aromatic heterocycles. The molecule has 0 saturated heterocycles. The van der Waals surface area contributed by atoms with Crippen LogP contribution in [0, 0.1) is 13.8 Å². The van der Waals surface area contributed by atoms with Gasteiger partial charge in [-0.3, -0.25) is 19.6 Å². The Labute approximate surface area is 245 Å². The fourth-order valence-corrected chi connectivity index (χ4v) is 7.26. The number of nitrogens with one attached hydrogen (secondary N) is 2. The molecule has 0 unspecified atom stereocenters. The molecule has 8 bridgehead atoms. The molecule has 0 fully saturated rings. The molecule has 42 heavy (non-hydrogen) atoms. The molecule has 8 heteroatoms. The molecule has 5 heterocycles. The van der Waals surface area contributed by atoms with E-state index in [2.05, 4.69) is 55.9 Å². The highest BCUT2D eigenvalue weighted by atomic mass is 16.2. The van der Waals surface area contributed by atoms with Gasteiger partial charge in [0.05, 0.1) is 16.7 Å². The summed E-state index contributed by atoms with van der Waals surface area (Å²) in [4.78, 5) is 60.0. The molecule has 0 saturated carbocycles. The summed E-state index contributed by atoms with van der Waals surface area (Å²) in [5, 5.41) is 0. The quantitative estimate of drug-likeness (QED) is 0.320. The van der Waals surface area contributed by atoms with Crippen molar-refractivity contribution >= 4 is 39.8 Å². The second-order valence-corrected chi connectivity index (χ2v) is 11.9. The zero-order chi connectivity index (χ0) is 30.5. The van der Waals surface area contributed by atoms with Gasteiger partial charge in [-0.1, -0.05) is 34.1 Å². The molecule has 2 aliphatic heterocycles. The molecular formula is C34H38N4O4. The number of ketones is 2. The number of H-pyrrole nitrogens is 2. The highest BCUT2D eigenvalue weighted by Crippen LogP contribution is 2.45. The number of hydrogen-bond acceptors (Lipinski definition) is 6. The van der Waals surface area contributed by atoms with E-state index < -0.39 is 0 Å². The zero-order valence-electron chi connectivity index (χ0n) is 25.4. The largest absolute Gasteiger partial charge is 0.373 e. The fraction of sp³-hybridized carbons (Fsp3) is 0.441. The molecule has 3 aliphatic rings. The van der Waals surface area contributed by atoms with E-state index in [9.17, 15) is 9.59 Å². The van der Waals surface area contributed by atoms with E-state index in [0.29, 0.717) is 6.42 Å². The summed E-state index contributed by atoms with van der Waals surface area (Å²) in [6.45, 7) is 14.5. The van der Waals surface area contributed by atoms with Crippen molar-refractivity contribution in [3.05, 3.63) is 68.8 Å². The lowest BCUT2D eigenvalue weighted by molar-refractivity contribution is -0.191. The second kappa shape index (κ2) is 11.3. The van der Waals surface area contributed by atoms with Gasteiger partial charge in [0, 0.05) is 74.9 Å². The highest BCUT2D eigenvalue weighted by molar-refractivity contribution is 6.13. The number of rotatable bonds is 4. The first-order chi connectivity index (χ1) is 20.1. The Morgan fingerprint density at radius 2 is 1.50 bits per heavy atom. The van der Waals surface area contributed by atoms with Gasteiger partial charge >= 0.3 is 6.15 Å². The number of aromatic amines is 2. The summed E-state index contributed by atoms with van der Waals surface area (Å²) < 4.78 is 0. The summed E-state index contributed by atoms with van der Waals surface area (Å²) >= 11 is 0. The van der Waals surface area contributed by atoms with Gasteiger partial charge in [0.15, 0.2) is 11.6 Å².